The molecule has 0 aliphatic heterocycles. The zero-order chi connectivity index (χ0) is 11.6. The second kappa shape index (κ2) is 3.84. The van der Waals surface area contributed by atoms with Crippen LogP contribution >= 0.6 is 0 Å². The van der Waals surface area contributed by atoms with Crippen molar-refractivity contribution in [1.29, 1.82) is 0 Å². The normalized spacial score (nSPS) is 11.5. The molecule has 0 unspecified atom stereocenters. The molecule has 15 heavy (non-hydrogen) atoms. The molecule has 0 radical (unpaired) electrons. The predicted octanol–water partition coefficient (Wildman–Crippen LogP) is 1.87. The van der Waals surface area contributed by atoms with Crippen molar-refractivity contribution in [1.82, 2.24) is 4.98 Å². The number of carboxylic acids is 1. The summed E-state index contributed by atoms with van der Waals surface area (Å²) in [6.07, 6.45) is -5.00. The molecule has 82 valence electrons. The van der Waals surface area contributed by atoms with Crippen LogP contribution in [0.25, 0.3) is 0 Å². The second-order valence-corrected chi connectivity index (χ2v) is 2.70. The predicted molar refractivity (Wildman–Crippen MR) is 40.5 cm³/mol. The average Bonchev–Trinajstić information content (AvgIpc) is 2.05. The molecule has 0 aromatic carbocycles. The van der Waals surface area contributed by atoms with Crippen molar-refractivity contribution < 1.29 is 27.5 Å². The van der Waals surface area contributed by atoms with Crippen molar-refractivity contribution >= 4 is 5.97 Å². The van der Waals surface area contributed by atoms with E-state index in [1.807, 2.05) is 0 Å². The van der Waals surface area contributed by atoms with Gasteiger partial charge < -0.3 is 5.11 Å². The lowest BCUT2D eigenvalue weighted by atomic mass is 10.1. The number of nitrogens with zero attached hydrogens (tertiary/aromatic N) is 1. The molecule has 0 fully saturated rings. The highest BCUT2D eigenvalue weighted by atomic mass is 19.4. The third-order valence-electron chi connectivity index (χ3n) is 1.58. The standard InChI is InChI=1S/C8H5F4NO2/c9-6-4(3-5(14)15)1-2-13-7(6)8(10,11)12/h1-2H,3H2,(H,14,15). The summed E-state index contributed by atoms with van der Waals surface area (Å²) < 4.78 is 49.4. The molecule has 1 N–H and O–H groups in total. The molecule has 0 bridgehead atoms. The van der Waals surface area contributed by atoms with Gasteiger partial charge in [0, 0.05) is 11.8 Å². The van der Waals surface area contributed by atoms with Crippen molar-refractivity contribution in [3.05, 3.63) is 29.3 Å². The van der Waals surface area contributed by atoms with Crippen LogP contribution in [0.2, 0.25) is 0 Å². The first kappa shape index (κ1) is 11.4. The summed E-state index contributed by atoms with van der Waals surface area (Å²) in [6, 6.07) is 0.901. The van der Waals surface area contributed by atoms with E-state index >= 15 is 0 Å². The van der Waals surface area contributed by atoms with E-state index in [2.05, 4.69) is 4.98 Å². The summed E-state index contributed by atoms with van der Waals surface area (Å²) in [5.41, 5.74) is -2.23. The topological polar surface area (TPSA) is 50.2 Å². The number of pyridine rings is 1. The van der Waals surface area contributed by atoms with E-state index in [0.29, 0.717) is 0 Å². The van der Waals surface area contributed by atoms with Gasteiger partial charge in [-0.1, -0.05) is 0 Å². The van der Waals surface area contributed by atoms with Crippen molar-refractivity contribution in [3.63, 3.8) is 0 Å². The molecule has 0 saturated carbocycles. The Bertz CT molecular complexity index is 389. The number of hydrogen-bond donors (Lipinski definition) is 1. The molecular weight excluding hydrogens is 218 g/mol. The third kappa shape index (κ3) is 2.64. The van der Waals surface area contributed by atoms with Crippen LogP contribution in [-0.4, -0.2) is 16.1 Å². The minimum Gasteiger partial charge on any atom is -0.481 e. The summed E-state index contributed by atoms with van der Waals surface area (Å²) in [6.45, 7) is 0. The Morgan fingerprint density at radius 2 is 2.07 bits per heavy atom. The Morgan fingerprint density at radius 1 is 1.47 bits per heavy atom. The van der Waals surface area contributed by atoms with Crippen LogP contribution in [0.4, 0.5) is 17.6 Å². The largest absolute Gasteiger partial charge is 0.481 e. The van der Waals surface area contributed by atoms with E-state index in [1.54, 1.807) is 0 Å². The fourth-order valence-corrected chi connectivity index (χ4v) is 0.981. The lowest BCUT2D eigenvalue weighted by Gasteiger charge is -2.08. The van der Waals surface area contributed by atoms with Crippen molar-refractivity contribution in [3.8, 4) is 0 Å². The Morgan fingerprint density at radius 3 is 2.53 bits per heavy atom. The fourth-order valence-electron chi connectivity index (χ4n) is 0.981. The number of carbonyl (C=O) groups is 1. The molecule has 1 rings (SSSR count). The molecule has 7 heteroatoms. The van der Waals surface area contributed by atoms with E-state index < -0.39 is 35.6 Å². The Balaban J connectivity index is 3.17. The Kier molecular flexibility index (Phi) is 2.92. The zero-order valence-corrected chi connectivity index (χ0v) is 7.18. The molecule has 3 nitrogen and oxygen atoms in total. The first-order valence-corrected chi connectivity index (χ1v) is 3.74. The van der Waals surface area contributed by atoms with E-state index in [4.69, 9.17) is 5.11 Å². The molecule has 0 spiro atoms. The van der Waals surface area contributed by atoms with Crippen LogP contribution in [0.3, 0.4) is 0 Å². The molecular formula is C8H5F4NO2. The highest BCUT2D eigenvalue weighted by molar-refractivity contribution is 5.70. The molecule has 0 atom stereocenters. The van der Waals surface area contributed by atoms with Crippen LogP contribution in [0.5, 0.6) is 0 Å². The van der Waals surface area contributed by atoms with Crippen LogP contribution in [0.15, 0.2) is 12.3 Å². The van der Waals surface area contributed by atoms with Gasteiger partial charge in [0.1, 0.15) is 0 Å². The lowest BCUT2D eigenvalue weighted by Crippen LogP contribution is -2.14. The maximum atomic E-state index is 13.1. The minimum absolute atomic E-state index is 0.537. The Hall–Kier alpha value is -1.66. The van der Waals surface area contributed by atoms with Gasteiger partial charge in [0.2, 0.25) is 0 Å². The molecule has 0 amide bonds. The number of hydrogen-bond acceptors (Lipinski definition) is 2. The van der Waals surface area contributed by atoms with E-state index in [0.717, 1.165) is 12.3 Å². The van der Waals surface area contributed by atoms with Gasteiger partial charge in [0.05, 0.1) is 6.42 Å². The summed E-state index contributed by atoms with van der Waals surface area (Å²) >= 11 is 0. The van der Waals surface area contributed by atoms with Crippen molar-refractivity contribution in [2.24, 2.45) is 0 Å². The maximum Gasteiger partial charge on any atom is 0.436 e. The third-order valence-corrected chi connectivity index (χ3v) is 1.58. The summed E-state index contributed by atoms with van der Waals surface area (Å²) in [4.78, 5) is 13.0. The van der Waals surface area contributed by atoms with E-state index in [-0.39, 0.29) is 0 Å². The summed E-state index contributed by atoms with van der Waals surface area (Å²) in [5.74, 6) is -3.04. The molecule has 1 heterocycles. The summed E-state index contributed by atoms with van der Waals surface area (Å²) in [7, 11) is 0. The lowest BCUT2D eigenvalue weighted by molar-refractivity contribution is -0.144. The van der Waals surface area contributed by atoms with Crippen LogP contribution < -0.4 is 0 Å². The molecule has 0 saturated heterocycles. The van der Waals surface area contributed by atoms with Crippen LogP contribution in [0.1, 0.15) is 11.3 Å². The van der Waals surface area contributed by atoms with E-state index in [1.165, 1.54) is 0 Å². The number of rotatable bonds is 2. The SMILES string of the molecule is O=C(O)Cc1ccnc(C(F)(F)F)c1F. The molecule has 0 aliphatic rings. The molecule has 1 aromatic heterocycles. The van der Waals surface area contributed by atoms with Crippen molar-refractivity contribution in [2.75, 3.05) is 0 Å². The van der Waals surface area contributed by atoms with E-state index in [9.17, 15) is 22.4 Å². The van der Waals surface area contributed by atoms with Gasteiger partial charge in [-0.25, -0.2) is 9.37 Å². The van der Waals surface area contributed by atoms with Gasteiger partial charge in [0.25, 0.3) is 0 Å². The van der Waals surface area contributed by atoms with Crippen molar-refractivity contribution in [2.45, 2.75) is 12.6 Å². The minimum atomic E-state index is -4.92. The van der Waals surface area contributed by atoms with Gasteiger partial charge in [0.15, 0.2) is 11.5 Å². The number of carboxylic acid groups (broad SMARTS) is 1. The first-order chi connectivity index (χ1) is 6.82. The molecule has 0 aliphatic carbocycles. The van der Waals surface area contributed by atoms with Gasteiger partial charge in [-0.15, -0.1) is 0 Å². The molecule has 1 aromatic rings. The average molecular weight is 223 g/mol. The number of aliphatic carboxylic acids is 1. The monoisotopic (exact) mass is 223 g/mol. The first-order valence-electron chi connectivity index (χ1n) is 3.74. The Labute approximate surface area is 81.4 Å². The van der Waals surface area contributed by atoms with Crippen LogP contribution in [0, 0.1) is 5.82 Å². The van der Waals surface area contributed by atoms with Crippen LogP contribution in [-0.2, 0) is 17.4 Å². The van der Waals surface area contributed by atoms with Gasteiger partial charge >= 0.3 is 12.1 Å². The maximum absolute atomic E-state index is 13.1. The zero-order valence-electron chi connectivity index (χ0n) is 7.18. The highest BCUT2D eigenvalue weighted by Crippen LogP contribution is 2.30. The van der Waals surface area contributed by atoms with Gasteiger partial charge in [-0.05, 0) is 6.07 Å². The number of halogens is 4. The smallest absolute Gasteiger partial charge is 0.436 e. The quantitative estimate of drug-likeness (QED) is 0.778. The second-order valence-electron chi connectivity index (χ2n) is 2.70. The van der Waals surface area contributed by atoms with Gasteiger partial charge in [-0.3, -0.25) is 4.79 Å². The number of aromatic nitrogens is 1. The number of alkyl halides is 3. The highest BCUT2D eigenvalue weighted by Gasteiger charge is 2.37. The fraction of sp³-hybridized carbons (Fsp3) is 0.250. The summed E-state index contributed by atoms with van der Waals surface area (Å²) in [5, 5.41) is 8.32. The van der Waals surface area contributed by atoms with Gasteiger partial charge in [-0.2, -0.15) is 13.2 Å².